The monoisotopic (exact) mass is 727 g/mol. The third kappa shape index (κ3) is 4.95. The molecular formula is C56H41N. The molecule has 0 spiro atoms. The van der Waals surface area contributed by atoms with E-state index in [0.717, 1.165) is 17.1 Å². The van der Waals surface area contributed by atoms with Crippen LogP contribution in [0.1, 0.15) is 47.2 Å². The molecule has 0 fully saturated rings. The Morgan fingerprint density at radius 2 is 0.877 bits per heavy atom. The first kappa shape index (κ1) is 33.4. The quantitative estimate of drug-likeness (QED) is 0.165. The number of rotatable bonds is 6. The maximum absolute atomic E-state index is 2.44. The lowest BCUT2D eigenvalue weighted by molar-refractivity contribution is 0.660. The van der Waals surface area contributed by atoms with Crippen LogP contribution in [0.15, 0.2) is 212 Å². The predicted octanol–water partition coefficient (Wildman–Crippen LogP) is 14.6. The van der Waals surface area contributed by atoms with E-state index in [-0.39, 0.29) is 5.41 Å². The van der Waals surface area contributed by atoms with Crippen molar-refractivity contribution in [1.29, 1.82) is 0 Å². The van der Waals surface area contributed by atoms with E-state index in [1.165, 1.54) is 77.5 Å². The van der Waals surface area contributed by atoms with E-state index in [1.54, 1.807) is 0 Å². The zero-order valence-electron chi connectivity index (χ0n) is 32.2. The molecular weight excluding hydrogens is 687 g/mol. The summed E-state index contributed by atoms with van der Waals surface area (Å²) < 4.78 is 0. The fourth-order valence-electron chi connectivity index (χ4n) is 10.1. The van der Waals surface area contributed by atoms with E-state index >= 15 is 0 Å². The highest BCUT2D eigenvalue weighted by Crippen LogP contribution is 2.58. The Bertz CT molecular complexity index is 2920. The van der Waals surface area contributed by atoms with Gasteiger partial charge in [-0.2, -0.15) is 0 Å². The molecule has 11 rings (SSSR count). The molecule has 0 heterocycles. The van der Waals surface area contributed by atoms with Crippen molar-refractivity contribution in [3.05, 3.63) is 246 Å². The lowest BCUT2D eigenvalue weighted by Crippen LogP contribution is -2.28. The second kappa shape index (κ2) is 12.8. The van der Waals surface area contributed by atoms with Gasteiger partial charge in [-0.15, -0.1) is 0 Å². The molecule has 2 aliphatic carbocycles. The Morgan fingerprint density at radius 3 is 1.58 bits per heavy atom. The summed E-state index contributed by atoms with van der Waals surface area (Å²) in [5.41, 5.74) is 18.6. The van der Waals surface area contributed by atoms with Crippen LogP contribution in [0, 0.1) is 0 Å². The minimum absolute atomic E-state index is 0.105. The Morgan fingerprint density at radius 1 is 0.351 bits per heavy atom. The van der Waals surface area contributed by atoms with Crippen molar-refractivity contribution in [2.24, 2.45) is 0 Å². The number of fused-ring (bicyclic) bond motifs is 8. The fraction of sp³-hybridized carbons (Fsp3) is 0.0714. The van der Waals surface area contributed by atoms with Crippen LogP contribution < -0.4 is 4.90 Å². The summed E-state index contributed by atoms with van der Waals surface area (Å²) in [5, 5.41) is 2.49. The minimum atomic E-state index is -0.428. The van der Waals surface area contributed by atoms with Gasteiger partial charge in [0.05, 0.1) is 5.41 Å². The summed E-state index contributed by atoms with van der Waals surface area (Å²) in [6, 6.07) is 78.6. The van der Waals surface area contributed by atoms with Crippen LogP contribution in [-0.4, -0.2) is 0 Å². The van der Waals surface area contributed by atoms with Crippen LogP contribution in [0.5, 0.6) is 0 Å². The SMILES string of the molecule is CC1(C)c2ccccc2-c2ccc(N(c3ccc(-c4ccccc4)cc3)c3ccc4c5c(ccc4c3)C(c3ccccc3)(c3ccccc3)c3ccccc3-5)cc21. The average molecular weight is 728 g/mol. The first-order valence-corrected chi connectivity index (χ1v) is 20.0. The second-order valence-corrected chi connectivity index (χ2v) is 16.1. The van der Waals surface area contributed by atoms with Gasteiger partial charge in [0.2, 0.25) is 0 Å². The third-order valence-electron chi connectivity index (χ3n) is 12.7. The Labute approximate surface area is 335 Å². The van der Waals surface area contributed by atoms with Gasteiger partial charge < -0.3 is 4.90 Å². The lowest BCUT2D eigenvalue weighted by atomic mass is 9.67. The van der Waals surface area contributed by atoms with Gasteiger partial charge in [0.15, 0.2) is 0 Å². The highest BCUT2D eigenvalue weighted by molar-refractivity contribution is 6.05. The summed E-state index contributed by atoms with van der Waals surface area (Å²) in [7, 11) is 0. The van der Waals surface area contributed by atoms with Crippen molar-refractivity contribution >= 4 is 27.8 Å². The number of hydrogen-bond donors (Lipinski definition) is 0. The fourth-order valence-corrected chi connectivity index (χ4v) is 10.1. The summed E-state index contributed by atoms with van der Waals surface area (Å²) in [5.74, 6) is 0. The molecule has 270 valence electrons. The highest BCUT2D eigenvalue weighted by Gasteiger charge is 2.46. The van der Waals surface area contributed by atoms with Gasteiger partial charge in [0.1, 0.15) is 0 Å². The normalized spacial score (nSPS) is 14.1. The maximum Gasteiger partial charge on any atom is 0.0713 e. The Hall–Kier alpha value is -6.96. The lowest BCUT2D eigenvalue weighted by Gasteiger charge is -2.34. The standard InChI is InChI=1S/C56H41N/c1-55(2)50-24-14-12-22-47(50)48-34-32-45(37-53(48)55)57(43-29-26-39(27-30-43)38-16-6-3-7-17-38)44-31-33-46-40(36-44)28-35-52-54(46)49-23-13-15-25-51(49)56(52,41-18-8-4-9-19-41)42-20-10-5-11-21-42/h3-37H,1-2H3. The first-order chi connectivity index (χ1) is 28.0. The van der Waals surface area contributed by atoms with Crippen LogP contribution in [0.3, 0.4) is 0 Å². The molecule has 0 aromatic heterocycles. The van der Waals surface area contributed by atoms with Crippen LogP contribution in [0.2, 0.25) is 0 Å². The van der Waals surface area contributed by atoms with Crippen molar-refractivity contribution in [3.63, 3.8) is 0 Å². The van der Waals surface area contributed by atoms with Crippen LogP contribution in [0.25, 0.3) is 44.2 Å². The van der Waals surface area contributed by atoms with E-state index < -0.39 is 5.41 Å². The Kier molecular flexibility index (Phi) is 7.50. The third-order valence-corrected chi connectivity index (χ3v) is 12.7. The van der Waals surface area contributed by atoms with E-state index in [4.69, 9.17) is 0 Å². The summed E-state index contributed by atoms with van der Waals surface area (Å²) in [6.07, 6.45) is 0. The molecule has 57 heavy (non-hydrogen) atoms. The van der Waals surface area contributed by atoms with Gasteiger partial charge in [0, 0.05) is 22.5 Å². The number of hydrogen-bond acceptors (Lipinski definition) is 1. The van der Waals surface area contributed by atoms with Crippen molar-refractivity contribution < 1.29 is 0 Å². The van der Waals surface area contributed by atoms with Crippen LogP contribution in [0.4, 0.5) is 17.1 Å². The molecule has 9 aromatic rings. The molecule has 0 N–H and O–H groups in total. The van der Waals surface area contributed by atoms with Gasteiger partial charge in [-0.1, -0.05) is 190 Å². The zero-order valence-corrected chi connectivity index (χ0v) is 32.2. The summed E-state index contributed by atoms with van der Waals surface area (Å²) in [4.78, 5) is 2.44. The average Bonchev–Trinajstić information content (AvgIpc) is 3.71. The first-order valence-electron chi connectivity index (χ1n) is 20.0. The largest absolute Gasteiger partial charge is 0.310 e. The molecule has 9 aromatic carbocycles. The predicted molar refractivity (Wildman–Crippen MR) is 239 cm³/mol. The summed E-state index contributed by atoms with van der Waals surface area (Å²) in [6.45, 7) is 4.72. The summed E-state index contributed by atoms with van der Waals surface area (Å²) >= 11 is 0. The molecule has 0 bridgehead atoms. The van der Waals surface area contributed by atoms with Gasteiger partial charge in [-0.25, -0.2) is 0 Å². The van der Waals surface area contributed by atoms with Crippen molar-refractivity contribution in [2.75, 3.05) is 4.90 Å². The van der Waals surface area contributed by atoms with E-state index in [0.29, 0.717) is 0 Å². The molecule has 0 amide bonds. The molecule has 0 atom stereocenters. The molecule has 0 saturated carbocycles. The zero-order chi connectivity index (χ0) is 38.1. The van der Waals surface area contributed by atoms with E-state index in [2.05, 4.69) is 231 Å². The molecule has 1 nitrogen and oxygen atoms in total. The topological polar surface area (TPSA) is 3.24 Å². The molecule has 0 aliphatic heterocycles. The van der Waals surface area contributed by atoms with E-state index in [1.807, 2.05) is 0 Å². The second-order valence-electron chi connectivity index (χ2n) is 16.1. The van der Waals surface area contributed by atoms with Gasteiger partial charge in [-0.3, -0.25) is 0 Å². The Balaban J connectivity index is 1.11. The smallest absolute Gasteiger partial charge is 0.0713 e. The van der Waals surface area contributed by atoms with E-state index in [9.17, 15) is 0 Å². The van der Waals surface area contributed by atoms with Gasteiger partial charge in [0.25, 0.3) is 0 Å². The highest BCUT2D eigenvalue weighted by atomic mass is 15.1. The number of nitrogens with zero attached hydrogens (tertiary/aromatic N) is 1. The molecule has 0 unspecified atom stereocenters. The van der Waals surface area contributed by atoms with Crippen molar-refractivity contribution in [3.8, 4) is 33.4 Å². The molecule has 1 heteroatoms. The van der Waals surface area contributed by atoms with Crippen molar-refractivity contribution in [2.45, 2.75) is 24.7 Å². The van der Waals surface area contributed by atoms with Crippen LogP contribution >= 0.6 is 0 Å². The maximum atomic E-state index is 2.44. The van der Waals surface area contributed by atoms with Crippen LogP contribution in [-0.2, 0) is 10.8 Å². The molecule has 2 aliphatic rings. The van der Waals surface area contributed by atoms with Gasteiger partial charge >= 0.3 is 0 Å². The number of anilines is 3. The molecule has 0 radical (unpaired) electrons. The number of benzene rings is 9. The minimum Gasteiger partial charge on any atom is -0.310 e. The molecule has 0 saturated heterocycles. The van der Waals surface area contributed by atoms with Gasteiger partial charge in [-0.05, 0) is 114 Å². The van der Waals surface area contributed by atoms with Crippen molar-refractivity contribution in [1.82, 2.24) is 0 Å².